The second kappa shape index (κ2) is 17.3. The van der Waals surface area contributed by atoms with Gasteiger partial charge in [-0.05, 0) is 97.9 Å². The lowest BCUT2D eigenvalue weighted by molar-refractivity contribution is 0.668. The van der Waals surface area contributed by atoms with E-state index >= 15 is 0 Å². The minimum atomic E-state index is 0.568. The van der Waals surface area contributed by atoms with Crippen molar-refractivity contribution in [3.63, 3.8) is 0 Å². The average Bonchev–Trinajstić information content (AvgIpc) is 4.38. The van der Waals surface area contributed by atoms with Crippen LogP contribution in [0, 0.1) is 0 Å². The zero-order valence-electron chi connectivity index (χ0n) is 41.4. The molecule has 4 heterocycles. The van der Waals surface area contributed by atoms with Crippen LogP contribution in [0.15, 0.2) is 259 Å². The van der Waals surface area contributed by atoms with Crippen LogP contribution in [0.1, 0.15) is 0 Å². The molecular weight excluding hydrogens is 957 g/mol. The van der Waals surface area contributed by atoms with Crippen LogP contribution in [0.4, 0.5) is 0 Å². The molecule has 0 aliphatic heterocycles. The molecule has 358 valence electrons. The number of nitrogens with zero attached hydrogens (tertiary/aromatic N) is 4. The van der Waals surface area contributed by atoms with E-state index in [-0.39, 0.29) is 0 Å². The highest BCUT2D eigenvalue weighted by molar-refractivity contribution is 7.25. The fraction of sp³-hybridized carbons (Fsp3) is 0. The summed E-state index contributed by atoms with van der Waals surface area (Å²) in [6.45, 7) is 0. The van der Waals surface area contributed by atoms with E-state index in [0.29, 0.717) is 17.5 Å². The number of fused-ring (bicyclic) bond motifs is 11. The van der Waals surface area contributed by atoms with Crippen molar-refractivity contribution in [1.29, 1.82) is 0 Å². The van der Waals surface area contributed by atoms with Gasteiger partial charge in [0.15, 0.2) is 17.5 Å². The van der Waals surface area contributed by atoms with E-state index in [2.05, 4.69) is 253 Å². The van der Waals surface area contributed by atoms with Gasteiger partial charge in [-0.25, -0.2) is 15.0 Å². The van der Waals surface area contributed by atoms with Crippen LogP contribution in [-0.4, -0.2) is 19.5 Å². The molecule has 0 radical (unpaired) electrons. The maximum atomic E-state index is 7.10. The number of hydrogen-bond donors (Lipinski definition) is 0. The molecule has 0 saturated heterocycles. The minimum absolute atomic E-state index is 0.568. The standard InChI is InChI=1S/C71H42N4OS/c1-3-16-43(17-4-1)44-30-32-46(33-31-44)69-72-70(51-34-35-55-54-26-13-14-29-66(54)77-67(55)40-51)74-71(73-69)56-27-15-28-64-68(56)60-41-59(53-25-12-11-24-52(53)45-18-5-2-6-19-45)63(42-65(60)76-64)75-61-38-49-22-9-7-20-47(49)36-57(61)58-37-48-21-8-10-23-50(48)39-62(58)75/h1-42H. The summed E-state index contributed by atoms with van der Waals surface area (Å²) in [5.41, 5.74) is 14.2. The van der Waals surface area contributed by atoms with Crippen LogP contribution in [0.25, 0.3) is 159 Å². The normalized spacial score (nSPS) is 11.9. The summed E-state index contributed by atoms with van der Waals surface area (Å²) in [6, 6.07) is 91.3. The van der Waals surface area contributed by atoms with Gasteiger partial charge in [0.2, 0.25) is 0 Å². The summed E-state index contributed by atoms with van der Waals surface area (Å²) >= 11 is 1.79. The molecule has 6 heteroatoms. The van der Waals surface area contributed by atoms with Gasteiger partial charge in [0.1, 0.15) is 11.2 Å². The SMILES string of the molecule is c1ccc(-c2ccc(-c3nc(-c4ccc5c(c4)sc4ccccc45)nc(-c4cccc5oc6cc(-n7c8cc9ccccc9cc8c8cc9ccccc9cc87)c(-c7ccccc7-c7ccccc7)cc6c45)n3)cc2)cc1. The Morgan fingerprint density at radius 2 is 0.831 bits per heavy atom. The van der Waals surface area contributed by atoms with Crippen LogP contribution in [0.2, 0.25) is 0 Å². The monoisotopic (exact) mass is 998 g/mol. The molecule has 0 N–H and O–H groups in total. The van der Waals surface area contributed by atoms with E-state index in [9.17, 15) is 0 Å². The molecule has 0 atom stereocenters. The summed E-state index contributed by atoms with van der Waals surface area (Å²) in [5.74, 6) is 1.77. The summed E-state index contributed by atoms with van der Waals surface area (Å²) < 4.78 is 12.0. The van der Waals surface area contributed by atoms with Crippen molar-refractivity contribution >= 4 is 96.8 Å². The molecule has 0 unspecified atom stereocenters. The van der Waals surface area contributed by atoms with Gasteiger partial charge in [0.05, 0.1) is 16.7 Å². The zero-order chi connectivity index (χ0) is 50.6. The van der Waals surface area contributed by atoms with Gasteiger partial charge in [-0.1, -0.05) is 200 Å². The molecule has 77 heavy (non-hydrogen) atoms. The van der Waals surface area contributed by atoms with Crippen molar-refractivity contribution in [3.05, 3.63) is 255 Å². The smallest absolute Gasteiger partial charge is 0.164 e. The lowest BCUT2D eigenvalue weighted by Gasteiger charge is -2.18. The fourth-order valence-electron chi connectivity index (χ4n) is 11.7. The Hall–Kier alpha value is -10.0. The van der Waals surface area contributed by atoms with Gasteiger partial charge < -0.3 is 8.98 Å². The Kier molecular flexibility index (Phi) is 9.74. The van der Waals surface area contributed by atoms with Crippen molar-refractivity contribution < 1.29 is 4.42 Å². The number of hydrogen-bond acceptors (Lipinski definition) is 5. The molecule has 0 aliphatic rings. The zero-order valence-corrected chi connectivity index (χ0v) is 42.2. The third-order valence-electron chi connectivity index (χ3n) is 15.4. The molecule has 0 fully saturated rings. The van der Waals surface area contributed by atoms with Crippen molar-refractivity contribution in [2.45, 2.75) is 0 Å². The summed E-state index contributed by atoms with van der Waals surface area (Å²) in [4.78, 5) is 16.1. The highest BCUT2D eigenvalue weighted by Crippen LogP contribution is 2.46. The van der Waals surface area contributed by atoms with Crippen LogP contribution >= 0.6 is 11.3 Å². The third kappa shape index (κ3) is 7.11. The number of rotatable bonds is 7. The molecular formula is C71H42N4OS. The maximum Gasteiger partial charge on any atom is 0.164 e. The Morgan fingerprint density at radius 3 is 1.55 bits per heavy atom. The van der Waals surface area contributed by atoms with E-state index in [1.807, 2.05) is 6.07 Å². The van der Waals surface area contributed by atoms with Gasteiger partial charge in [-0.15, -0.1) is 11.3 Å². The predicted octanol–water partition coefficient (Wildman–Crippen LogP) is 19.5. The highest BCUT2D eigenvalue weighted by atomic mass is 32.1. The second-order valence-corrected chi connectivity index (χ2v) is 21.0. The molecule has 0 aliphatic carbocycles. The Morgan fingerprint density at radius 1 is 0.299 bits per heavy atom. The first-order chi connectivity index (χ1) is 38.1. The maximum absolute atomic E-state index is 7.10. The largest absolute Gasteiger partial charge is 0.456 e. The van der Waals surface area contributed by atoms with E-state index in [0.717, 1.165) is 88.7 Å². The first-order valence-corrected chi connectivity index (χ1v) is 26.8. The first kappa shape index (κ1) is 43.4. The van der Waals surface area contributed by atoms with E-state index in [1.165, 1.54) is 52.5 Å². The van der Waals surface area contributed by atoms with Gasteiger partial charge in [-0.2, -0.15) is 0 Å². The number of aromatic nitrogens is 4. The Balaban J connectivity index is 0.965. The van der Waals surface area contributed by atoms with Crippen molar-refractivity contribution in [3.8, 4) is 73.2 Å². The molecule has 4 aromatic heterocycles. The third-order valence-corrected chi connectivity index (χ3v) is 16.6. The molecule has 0 saturated carbocycles. The van der Waals surface area contributed by atoms with Gasteiger partial charge in [0.25, 0.3) is 0 Å². The number of benzene rings is 12. The summed E-state index contributed by atoms with van der Waals surface area (Å²) in [7, 11) is 0. The van der Waals surface area contributed by atoms with E-state index in [1.54, 1.807) is 11.3 Å². The summed E-state index contributed by atoms with van der Waals surface area (Å²) in [5, 5.41) is 11.5. The Labute approximate surface area is 446 Å². The first-order valence-electron chi connectivity index (χ1n) is 26.0. The minimum Gasteiger partial charge on any atom is -0.456 e. The molecule has 5 nitrogen and oxygen atoms in total. The Bertz CT molecular complexity index is 4940. The number of thiophene rings is 1. The van der Waals surface area contributed by atoms with Gasteiger partial charge in [0, 0.05) is 70.0 Å². The quantitative estimate of drug-likeness (QED) is 0.160. The number of furan rings is 1. The lowest BCUT2D eigenvalue weighted by Crippen LogP contribution is -2.00. The van der Waals surface area contributed by atoms with E-state index in [4.69, 9.17) is 19.4 Å². The van der Waals surface area contributed by atoms with Crippen molar-refractivity contribution in [2.75, 3.05) is 0 Å². The van der Waals surface area contributed by atoms with Crippen LogP contribution in [0.3, 0.4) is 0 Å². The molecule has 0 amide bonds. The molecule has 0 spiro atoms. The summed E-state index contributed by atoms with van der Waals surface area (Å²) in [6.07, 6.45) is 0. The molecule has 16 aromatic rings. The van der Waals surface area contributed by atoms with Gasteiger partial charge in [-0.3, -0.25) is 0 Å². The van der Waals surface area contributed by atoms with Crippen LogP contribution in [-0.2, 0) is 0 Å². The van der Waals surface area contributed by atoms with Gasteiger partial charge >= 0.3 is 0 Å². The average molecular weight is 999 g/mol. The van der Waals surface area contributed by atoms with Crippen LogP contribution < -0.4 is 0 Å². The predicted molar refractivity (Wildman–Crippen MR) is 322 cm³/mol. The molecule has 16 rings (SSSR count). The second-order valence-electron chi connectivity index (χ2n) is 19.9. The highest BCUT2D eigenvalue weighted by Gasteiger charge is 2.24. The van der Waals surface area contributed by atoms with E-state index < -0.39 is 0 Å². The topological polar surface area (TPSA) is 56.7 Å². The lowest BCUT2D eigenvalue weighted by atomic mass is 9.92. The molecule has 0 bridgehead atoms. The van der Waals surface area contributed by atoms with Crippen molar-refractivity contribution in [1.82, 2.24) is 19.5 Å². The van der Waals surface area contributed by atoms with Crippen molar-refractivity contribution in [2.24, 2.45) is 0 Å². The van der Waals surface area contributed by atoms with Crippen LogP contribution in [0.5, 0.6) is 0 Å². The molecule has 12 aromatic carbocycles. The fourth-order valence-corrected chi connectivity index (χ4v) is 12.9.